The van der Waals surface area contributed by atoms with Gasteiger partial charge in [0.2, 0.25) is 5.89 Å². The van der Waals surface area contributed by atoms with Gasteiger partial charge in [0, 0.05) is 31.8 Å². The van der Waals surface area contributed by atoms with Crippen LogP contribution in [0.1, 0.15) is 24.6 Å². The van der Waals surface area contributed by atoms with Gasteiger partial charge in [-0.05, 0) is 37.0 Å². The Morgan fingerprint density at radius 3 is 2.96 bits per heavy atom. The maximum Gasteiger partial charge on any atom is 0.298 e. The van der Waals surface area contributed by atoms with E-state index in [4.69, 9.17) is 4.52 Å². The van der Waals surface area contributed by atoms with Crippen LogP contribution in [0.3, 0.4) is 0 Å². The zero-order chi connectivity index (χ0) is 19.0. The Morgan fingerprint density at radius 2 is 2.22 bits per heavy atom. The van der Waals surface area contributed by atoms with Crippen LogP contribution in [0.2, 0.25) is 0 Å². The van der Waals surface area contributed by atoms with Gasteiger partial charge in [0.15, 0.2) is 11.3 Å². The first-order valence-corrected chi connectivity index (χ1v) is 8.78. The standard InChI is InChI=1S/C18H18FN5O3/c1-11-20-16(22-27-11)7-12-3-2-6-23(10-12)17-5-4-13-8-14(19)9-15(24(25)26)18(13)21-17/h4-5,8-9,12H,2-3,6-7,10H2,1H3/t12-/m1/s1. The molecule has 0 aliphatic carbocycles. The van der Waals surface area contributed by atoms with Gasteiger partial charge in [0.25, 0.3) is 5.69 Å². The van der Waals surface area contributed by atoms with Crippen LogP contribution in [0.15, 0.2) is 28.8 Å². The van der Waals surface area contributed by atoms with Gasteiger partial charge >= 0.3 is 0 Å². The van der Waals surface area contributed by atoms with E-state index in [9.17, 15) is 14.5 Å². The van der Waals surface area contributed by atoms with E-state index in [0.717, 1.165) is 32.0 Å². The minimum atomic E-state index is -0.641. The number of non-ortho nitro benzene ring substituents is 1. The number of halogens is 1. The molecule has 4 rings (SSSR count). The minimum absolute atomic E-state index is 0.204. The topological polar surface area (TPSA) is 98.2 Å². The van der Waals surface area contributed by atoms with Gasteiger partial charge < -0.3 is 9.42 Å². The predicted octanol–water partition coefficient (Wildman–Crippen LogP) is 3.43. The molecule has 1 aromatic carbocycles. The molecule has 3 heterocycles. The van der Waals surface area contributed by atoms with Gasteiger partial charge in [0.1, 0.15) is 11.6 Å². The molecule has 0 spiro atoms. The van der Waals surface area contributed by atoms with Gasteiger partial charge in [-0.2, -0.15) is 4.98 Å². The summed E-state index contributed by atoms with van der Waals surface area (Å²) in [5.41, 5.74) is -0.113. The molecule has 0 saturated carbocycles. The second-order valence-electron chi connectivity index (χ2n) is 6.81. The molecule has 2 aromatic heterocycles. The van der Waals surface area contributed by atoms with Crippen molar-refractivity contribution in [1.82, 2.24) is 15.1 Å². The Bertz CT molecular complexity index is 1010. The molecule has 8 nitrogen and oxygen atoms in total. The summed E-state index contributed by atoms with van der Waals surface area (Å²) in [4.78, 5) is 21.5. The number of fused-ring (bicyclic) bond motifs is 1. The average Bonchev–Trinajstić information content (AvgIpc) is 3.05. The predicted molar refractivity (Wildman–Crippen MR) is 96.0 cm³/mol. The Labute approximate surface area is 154 Å². The zero-order valence-corrected chi connectivity index (χ0v) is 14.8. The van der Waals surface area contributed by atoms with Crippen molar-refractivity contribution in [2.75, 3.05) is 18.0 Å². The van der Waals surface area contributed by atoms with Crippen LogP contribution < -0.4 is 4.90 Å². The maximum absolute atomic E-state index is 13.6. The molecule has 0 amide bonds. The quantitative estimate of drug-likeness (QED) is 0.512. The number of nitro groups is 1. The number of benzene rings is 1. The summed E-state index contributed by atoms with van der Waals surface area (Å²) in [7, 11) is 0. The van der Waals surface area contributed by atoms with E-state index in [2.05, 4.69) is 20.0 Å². The number of nitro benzene ring substituents is 1. The summed E-state index contributed by atoms with van der Waals surface area (Å²) in [5, 5.41) is 15.6. The molecule has 27 heavy (non-hydrogen) atoms. The molecule has 0 radical (unpaired) electrons. The number of piperidine rings is 1. The first-order valence-electron chi connectivity index (χ1n) is 8.78. The van der Waals surface area contributed by atoms with Gasteiger partial charge in [-0.3, -0.25) is 10.1 Å². The third-order valence-electron chi connectivity index (χ3n) is 4.80. The SMILES string of the molecule is Cc1nc(C[C@H]2CCCN(c3ccc4cc(F)cc([N+](=O)[O-])c4n3)C2)no1. The maximum atomic E-state index is 13.6. The fourth-order valence-electron chi connectivity index (χ4n) is 3.61. The van der Waals surface area contributed by atoms with E-state index in [-0.39, 0.29) is 11.2 Å². The van der Waals surface area contributed by atoms with Crippen LogP contribution >= 0.6 is 0 Å². The smallest absolute Gasteiger partial charge is 0.298 e. The molecule has 0 unspecified atom stereocenters. The van der Waals surface area contributed by atoms with Crippen molar-refractivity contribution >= 4 is 22.4 Å². The third kappa shape index (κ3) is 3.57. The van der Waals surface area contributed by atoms with Crippen molar-refractivity contribution in [2.45, 2.75) is 26.2 Å². The second kappa shape index (κ2) is 6.90. The highest BCUT2D eigenvalue weighted by Gasteiger charge is 2.24. The lowest BCUT2D eigenvalue weighted by molar-refractivity contribution is -0.383. The van der Waals surface area contributed by atoms with Crippen LogP contribution in [-0.4, -0.2) is 33.1 Å². The number of rotatable bonds is 4. The van der Waals surface area contributed by atoms with Crippen LogP contribution in [0.25, 0.3) is 10.9 Å². The van der Waals surface area contributed by atoms with Gasteiger partial charge in [0.05, 0.1) is 11.0 Å². The van der Waals surface area contributed by atoms with Crippen molar-refractivity contribution < 1.29 is 13.8 Å². The summed E-state index contributed by atoms with van der Waals surface area (Å²) in [6, 6.07) is 5.64. The number of aromatic nitrogens is 3. The highest BCUT2D eigenvalue weighted by molar-refractivity contribution is 5.88. The van der Waals surface area contributed by atoms with Crippen LogP contribution in [0.5, 0.6) is 0 Å². The molecular weight excluding hydrogens is 353 g/mol. The number of pyridine rings is 1. The summed E-state index contributed by atoms with van der Waals surface area (Å²) < 4.78 is 18.6. The van der Waals surface area contributed by atoms with E-state index in [1.807, 2.05) is 0 Å². The zero-order valence-electron chi connectivity index (χ0n) is 14.8. The normalized spacial score (nSPS) is 17.4. The minimum Gasteiger partial charge on any atom is -0.356 e. The molecule has 3 aromatic rings. The summed E-state index contributed by atoms with van der Waals surface area (Å²) in [5.74, 6) is 1.60. The third-order valence-corrected chi connectivity index (χ3v) is 4.80. The summed E-state index contributed by atoms with van der Waals surface area (Å²) in [6.07, 6.45) is 2.74. The Hall–Kier alpha value is -3.10. The van der Waals surface area contributed by atoms with Crippen LogP contribution in [-0.2, 0) is 6.42 Å². The molecule has 1 atom stereocenters. The number of nitrogens with zero attached hydrogens (tertiary/aromatic N) is 5. The average molecular weight is 371 g/mol. The molecule has 0 N–H and O–H groups in total. The van der Waals surface area contributed by atoms with Crippen LogP contribution in [0.4, 0.5) is 15.9 Å². The molecule has 1 saturated heterocycles. The molecule has 1 aliphatic heterocycles. The number of anilines is 1. The first kappa shape index (κ1) is 17.3. The van der Waals surface area contributed by atoms with Crippen molar-refractivity contribution in [3.8, 4) is 0 Å². The van der Waals surface area contributed by atoms with Crippen molar-refractivity contribution in [3.05, 3.63) is 51.9 Å². The van der Waals surface area contributed by atoms with Crippen LogP contribution in [0, 0.1) is 28.8 Å². The van der Waals surface area contributed by atoms with E-state index in [0.29, 0.717) is 35.3 Å². The van der Waals surface area contributed by atoms with Crippen molar-refractivity contribution in [2.24, 2.45) is 5.92 Å². The Kier molecular flexibility index (Phi) is 4.43. The lowest BCUT2D eigenvalue weighted by Crippen LogP contribution is -2.36. The van der Waals surface area contributed by atoms with Gasteiger partial charge in [-0.1, -0.05) is 5.16 Å². The van der Waals surface area contributed by atoms with Gasteiger partial charge in [-0.25, -0.2) is 9.37 Å². The fourth-order valence-corrected chi connectivity index (χ4v) is 3.61. The number of hydrogen-bond donors (Lipinski definition) is 0. The second-order valence-corrected chi connectivity index (χ2v) is 6.81. The summed E-state index contributed by atoms with van der Waals surface area (Å²) >= 11 is 0. The lowest BCUT2D eigenvalue weighted by atomic mass is 9.94. The highest BCUT2D eigenvalue weighted by atomic mass is 19.1. The summed E-state index contributed by atoms with van der Waals surface area (Å²) in [6.45, 7) is 3.33. The van der Waals surface area contributed by atoms with Crippen molar-refractivity contribution in [1.29, 1.82) is 0 Å². The molecular formula is C18H18FN5O3. The van der Waals surface area contributed by atoms with E-state index in [1.54, 1.807) is 19.1 Å². The highest BCUT2D eigenvalue weighted by Crippen LogP contribution is 2.30. The Morgan fingerprint density at radius 1 is 1.37 bits per heavy atom. The Balaban J connectivity index is 1.60. The van der Waals surface area contributed by atoms with E-state index in [1.165, 1.54) is 6.07 Å². The largest absolute Gasteiger partial charge is 0.356 e. The first-order chi connectivity index (χ1) is 13.0. The molecule has 1 aliphatic rings. The monoisotopic (exact) mass is 371 g/mol. The van der Waals surface area contributed by atoms with Crippen molar-refractivity contribution in [3.63, 3.8) is 0 Å². The molecule has 1 fully saturated rings. The number of hydrogen-bond acceptors (Lipinski definition) is 7. The fraction of sp³-hybridized carbons (Fsp3) is 0.389. The van der Waals surface area contributed by atoms with Gasteiger partial charge in [-0.15, -0.1) is 0 Å². The van der Waals surface area contributed by atoms with E-state index < -0.39 is 10.7 Å². The molecule has 0 bridgehead atoms. The molecule has 9 heteroatoms. The lowest BCUT2D eigenvalue weighted by Gasteiger charge is -2.33. The molecule has 140 valence electrons. The number of aryl methyl sites for hydroxylation is 1. The van der Waals surface area contributed by atoms with E-state index >= 15 is 0 Å².